The smallest absolute Gasteiger partial charge is 0.253 e. The number of anilines is 1. The van der Waals surface area contributed by atoms with E-state index >= 15 is 0 Å². The molecule has 0 aliphatic carbocycles. The lowest BCUT2D eigenvalue weighted by atomic mass is 10.1. The van der Waals surface area contributed by atoms with Crippen LogP contribution in [0.4, 0.5) is 5.69 Å². The number of carbonyl (C=O) groups excluding carboxylic acids is 2. The minimum Gasteiger partial charge on any atom is -0.337 e. The summed E-state index contributed by atoms with van der Waals surface area (Å²) in [7, 11) is 0. The van der Waals surface area contributed by atoms with Crippen LogP contribution in [0.25, 0.3) is 0 Å². The molecule has 0 saturated carbocycles. The van der Waals surface area contributed by atoms with Crippen molar-refractivity contribution in [2.24, 2.45) is 0 Å². The maximum atomic E-state index is 12.8. The molecule has 1 aliphatic heterocycles. The topological polar surface area (TPSA) is 70.5 Å². The van der Waals surface area contributed by atoms with Gasteiger partial charge in [-0.25, -0.2) is 0 Å². The summed E-state index contributed by atoms with van der Waals surface area (Å²) in [6.07, 6.45) is 0.965. The van der Waals surface area contributed by atoms with E-state index in [0.717, 1.165) is 51.4 Å². The molecule has 0 unspecified atom stereocenters. The van der Waals surface area contributed by atoms with Gasteiger partial charge < -0.3 is 10.2 Å². The highest BCUT2D eigenvalue weighted by Gasteiger charge is 2.20. The molecule has 1 fully saturated rings. The number of carbonyl (C=O) groups is 2. The Hall–Kier alpha value is -2.67. The maximum absolute atomic E-state index is 12.8. The second kappa shape index (κ2) is 9.01. The van der Waals surface area contributed by atoms with Crippen LogP contribution in [0.2, 0.25) is 0 Å². The Morgan fingerprint density at radius 2 is 1.79 bits per heavy atom. The fourth-order valence-electron chi connectivity index (χ4n) is 3.62. The zero-order valence-corrected chi connectivity index (χ0v) is 16.9. The second-order valence-corrected chi connectivity index (χ2v) is 7.40. The van der Waals surface area contributed by atoms with Gasteiger partial charge in [0, 0.05) is 50.0 Å². The molecule has 0 bridgehead atoms. The van der Waals surface area contributed by atoms with E-state index in [4.69, 9.17) is 0 Å². The number of benzene rings is 1. The summed E-state index contributed by atoms with van der Waals surface area (Å²) in [6.45, 7) is 10.7. The van der Waals surface area contributed by atoms with Crippen molar-refractivity contribution in [3.05, 3.63) is 47.3 Å². The number of aryl methyl sites for hydroxylation is 2. The number of aromatic nitrogens is 2. The number of hydrogen-bond donors (Lipinski definition) is 1. The first-order chi connectivity index (χ1) is 13.4. The Morgan fingerprint density at radius 3 is 2.43 bits per heavy atom. The van der Waals surface area contributed by atoms with Crippen LogP contribution in [0.15, 0.2) is 30.3 Å². The average molecular weight is 383 g/mol. The third kappa shape index (κ3) is 5.19. The molecule has 28 heavy (non-hydrogen) atoms. The number of hydrogen-bond acceptors (Lipinski definition) is 4. The number of rotatable bonds is 5. The van der Waals surface area contributed by atoms with E-state index in [1.54, 1.807) is 24.3 Å². The van der Waals surface area contributed by atoms with Crippen LogP contribution in [-0.4, -0.2) is 64.1 Å². The van der Waals surface area contributed by atoms with Crippen molar-refractivity contribution in [3.63, 3.8) is 0 Å². The SMILES string of the molecule is CC(=O)Nc1ccc(C(=O)N2CCCN(CCn3nc(C)cc3C)CC2)cc1. The van der Waals surface area contributed by atoms with Gasteiger partial charge in [-0.1, -0.05) is 0 Å². The Labute approximate surface area is 166 Å². The summed E-state index contributed by atoms with van der Waals surface area (Å²) in [5.74, 6) is -0.0677. The molecule has 0 radical (unpaired) electrons. The Bertz CT molecular complexity index is 828. The maximum Gasteiger partial charge on any atom is 0.253 e. The molecule has 150 valence electrons. The van der Waals surface area contributed by atoms with Gasteiger partial charge in [0.2, 0.25) is 5.91 Å². The van der Waals surface area contributed by atoms with Crippen LogP contribution in [0.1, 0.15) is 35.1 Å². The normalized spacial score (nSPS) is 15.3. The zero-order chi connectivity index (χ0) is 20.1. The fraction of sp³-hybridized carbons (Fsp3) is 0.476. The molecule has 2 aromatic rings. The molecule has 7 heteroatoms. The van der Waals surface area contributed by atoms with Crippen molar-refractivity contribution in [2.75, 3.05) is 38.0 Å². The summed E-state index contributed by atoms with van der Waals surface area (Å²) in [5.41, 5.74) is 3.60. The first-order valence-corrected chi connectivity index (χ1v) is 9.83. The number of nitrogens with one attached hydrogen (secondary N) is 1. The Kier molecular flexibility index (Phi) is 6.46. The van der Waals surface area contributed by atoms with Crippen molar-refractivity contribution < 1.29 is 9.59 Å². The molecule has 0 atom stereocenters. The molecule has 1 saturated heterocycles. The average Bonchev–Trinajstić information content (AvgIpc) is 2.84. The first kappa shape index (κ1) is 20.1. The van der Waals surface area contributed by atoms with Gasteiger partial charge in [-0.15, -0.1) is 0 Å². The minimum absolute atomic E-state index is 0.0507. The fourth-order valence-corrected chi connectivity index (χ4v) is 3.62. The minimum atomic E-state index is -0.118. The van der Waals surface area contributed by atoms with Crippen LogP contribution in [0, 0.1) is 13.8 Å². The molecule has 1 aromatic heterocycles. The molecule has 2 amide bonds. The number of amides is 2. The Morgan fingerprint density at radius 1 is 1.04 bits per heavy atom. The lowest BCUT2D eigenvalue weighted by Crippen LogP contribution is -2.36. The third-order valence-corrected chi connectivity index (χ3v) is 5.06. The van der Waals surface area contributed by atoms with Crippen LogP contribution < -0.4 is 5.32 Å². The van der Waals surface area contributed by atoms with E-state index in [1.807, 2.05) is 11.8 Å². The molecule has 2 heterocycles. The predicted molar refractivity (Wildman–Crippen MR) is 109 cm³/mol. The van der Waals surface area contributed by atoms with Crippen LogP contribution in [-0.2, 0) is 11.3 Å². The highest BCUT2D eigenvalue weighted by Crippen LogP contribution is 2.14. The van der Waals surface area contributed by atoms with Gasteiger partial charge in [0.05, 0.1) is 12.2 Å². The van der Waals surface area contributed by atoms with Gasteiger partial charge in [0.25, 0.3) is 5.91 Å². The van der Waals surface area contributed by atoms with E-state index in [0.29, 0.717) is 11.3 Å². The lowest BCUT2D eigenvalue weighted by molar-refractivity contribution is -0.114. The van der Waals surface area contributed by atoms with Crippen molar-refractivity contribution in [1.29, 1.82) is 0 Å². The van der Waals surface area contributed by atoms with E-state index in [-0.39, 0.29) is 11.8 Å². The van der Waals surface area contributed by atoms with Gasteiger partial charge >= 0.3 is 0 Å². The summed E-state index contributed by atoms with van der Waals surface area (Å²) < 4.78 is 2.06. The van der Waals surface area contributed by atoms with Gasteiger partial charge in [-0.05, 0) is 57.1 Å². The Balaban J connectivity index is 1.53. The van der Waals surface area contributed by atoms with E-state index in [9.17, 15) is 9.59 Å². The van der Waals surface area contributed by atoms with Crippen LogP contribution >= 0.6 is 0 Å². The highest BCUT2D eigenvalue weighted by atomic mass is 16.2. The standard InChI is InChI=1S/C21H29N5O2/c1-16-15-17(2)26(23-16)14-12-24-9-4-10-25(13-11-24)21(28)19-5-7-20(8-6-19)22-18(3)27/h5-8,15H,4,9-14H2,1-3H3,(H,22,27). The van der Waals surface area contributed by atoms with Gasteiger partial charge in [0.15, 0.2) is 0 Å². The monoisotopic (exact) mass is 383 g/mol. The number of nitrogens with zero attached hydrogens (tertiary/aromatic N) is 4. The molecular formula is C21H29N5O2. The molecule has 0 spiro atoms. The molecular weight excluding hydrogens is 354 g/mol. The summed E-state index contributed by atoms with van der Waals surface area (Å²) in [5, 5.41) is 7.25. The van der Waals surface area contributed by atoms with Gasteiger partial charge in [-0.3, -0.25) is 19.2 Å². The summed E-state index contributed by atoms with van der Waals surface area (Å²) >= 11 is 0. The first-order valence-electron chi connectivity index (χ1n) is 9.83. The van der Waals surface area contributed by atoms with Gasteiger partial charge in [0.1, 0.15) is 0 Å². The molecule has 7 nitrogen and oxygen atoms in total. The van der Waals surface area contributed by atoms with E-state index in [1.165, 1.54) is 12.6 Å². The van der Waals surface area contributed by atoms with Gasteiger partial charge in [-0.2, -0.15) is 5.10 Å². The highest BCUT2D eigenvalue weighted by molar-refractivity contribution is 5.95. The second-order valence-electron chi connectivity index (χ2n) is 7.40. The van der Waals surface area contributed by atoms with Crippen molar-refractivity contribution in [1.82, 2.24) is 19.6 Å². The summed E-state index contributed by atoms with van der Waals surface area (Å²) in [4.78, 5) is 28.3. The lowest BCUT2D eigenvalue weighted by Gasteiger charge is -2.22. The van der Waals surface area contributed by atoms with Crippen LogP contribution in [0.5, 0.6) is 0 Å². The zero-order valence-electron chi connectivity index (χ0n) is 16.9. The van der Waals surface area contributed by atoms with Crippen molar-refractivity contribution in [3.8, 4) is 0 Å². The molecule has 1 aliphatic rings. The quantitative estimate of drug-likeness (QED) is 0.860. The molecule has 1 N–H and O–H groups in total. The summed E-state index contributed by atoms with van der Waals surface area (Å²) in [6, 6.07) is 9.19. The van der Waals surface area contributed by atoms with Crippen molar-refractivity contribution in [2.45, 2.75) is 33.7 Å². The van der Waals surface area contributed by atoms with Crippen molar-refractivity contribution >= 4 is 17.5 Å². The predicted octanol–water partition coefficient (Wildman–Crippen LogP) is 2.31. The third-order valence-electron chi connectivity index (χ3n) is 5.06. The van der Waals surface area contributed by atoms with Crippen LogP contribution in [0.3, 0.4) is 0 Å². The largest absolute Gasteiger partial charge is 0.337 e. The molecule has 1 aromatic carbocycles. The van der Waals surface area contributed by atoms with E-state index in [2.05, 4.69) is 33.0 Å². The van der Waals surface area contributed by atoms with E-state index < -0.39 is 0 Å². The molecule has 3 rings (SSSR count).